The molecule has 0 heterocycles. The monoisotopic (exact) mass is 447 g/mol. The number of fused-ring (bicyclic) bond motifs is 1. The molecule has 0 radical (unpaired) electrons. The first-order valence-electron chi connectivity index (χ1n) is 11.4. The number of hydrogen-bond acceptors (Lipinski definition) is 5. The molecule has 3 aromatic rings. The quantitative estimate of drug-likeness (QED) is 0.318. The van der Waals surface area contributed by atoms with E-state index >= 15 is 0 Å². The summed E-state index contributed by atoms with van der Waals surface area (Å²) in [7, 11) is 0. The number of rotatable bonds is 12. The topological polar surface area (TPSA) is 118 Å². The maximum Gasteiger partial charge on any atom is 0.250 e. The fourth-order valence-corrected chi connectivity index (χ4v) is 3.93. The zero-order valence-corrected chi connectivity index (χ0v) is 18.8. The van der Waals surface area contributed by atoms with Crippen LogP contribution in [-0.2, 0) is 22.4 Å². The highest BCUT2D eigenvalue weighted by atomic mass is 16.3. The zero-order chi connectivity index (χ0) is 23.6. The third kappa shape index (κ3) is 7.79. The number of hydrogen-bond donors (Lipinski definition) is 4. The summed E-state index contributed by atoms with van der Waals surface area (Å²) in [6.07, 6.45) is 0.871. The van der Waals surface area contributed by atoms with Crippen LogP contribution < -0.4 is 16.8 Å². The molecule has 0 aromatic heterocycles. The van der Waals surface area contributed by atoms with Gasteiger partial charge in [0, 0.05) is 31.5 Å². The normalized spacial score (nSPS) is 13.9. The molecule has 0 aliphatic carbocycles. The summed E-state index contributed by atoms with van der Waals surface area (Å²) in [5.74, 6) is -0.447. The predicted octanol–water partition coefficient (Wildman–Crippen LogP) is 2.50. The molecule has 3 rings (SSSR count). The maximum absolute atomic E-state index is 12.3. The minimum Gasteiger partial charge on any atom is -0.382 e. The molecule has 0 bridgehead atoms. The van der Waals surface area contributed by atoms with Gasteiger partial charge in [-0.25, -0.2) is 0 Å². The van der Waals surface area contributed by atoms with Crippen molar-refractivity contribution in [2.75, 3.05) is 6.54 Å². The number of nitrogens with two attached hydrogens (primary N) is 2. The van der Waals surface area contributed by atoms with Crippen LogP contribution in [0.4, 0.5) is 0 Å². The molecule has 3 atom stereocenters. The minimum atomic E-state index is -1.30. The summed E-state index contributed by atoms with van der Waals surface area (Å²) < 4.78 is 0. The number of ketones is 1. The van der Waals surface area contributed by atoms with Gasteiger partial charge < -0.3 is 21.9 Å². The molecule has 174 valence electrons. The Hall–Kier alpha value is -3.06. The molecule has 0 saturated carbocycles. The molecule has 0 fully saturated rings. The SMILES string of the molecule is NC(CC(=O)CCCNC(=O)C(O)C(N)Cc1ccccc1)Cc1ccc2ccccc2c1. The van der Waals surface area contributed by atoms with Crippen molar-refractivity contribution >= 4 is 22.5 Å². The van der Waals surface area contributed by atoms with E-state index in [-0.39, 0.29) is 11.8 Å². The molecule has 3 unspecified atom stereocenters. The Morgan fingerprint density at radius 2 is 1.55 bits per heavy atom. The standard InChI is InChI=1S/C27H33N3O3/c28-23(16-20-12-13-21-9-4-5-10-22(21)15-20)18-24(31)11-6-14-30-27(33)26(32)25(29)17-19-7-2-1-3-8-19/h1-5,7-10,12-13,15,23,25-26,32H,6,11,14,16-18,28-29H2,(H,30,33). The lowest BCUT2D eigenvalue weighted by Gasteiger charge is -2.18. The fraction of sp³-hybridized carbons (Fsp3) is 0.333. The number of nitrogens with one attached hydrogen (secondary N) is 1. The largest absolute Gasteiger partial charge is 0.382 e. The van der Waals surface area contributed by atoms with Crippen LogP contribution in [0, 0.1) is 0 Å². The first-order valence-corrected chi connectivity index (χ1v) is 11.4. The first kappa shape index (κ1) is 24.6. The summed E-state index contributed by atoms with van der Waals surface area (Å²) in [6.45, 7) is 0.305. The Kier molecular flexibility index (Phi) is 9.13. The number of carbonyl (C=O) groups excluding carboxylic acids is 2. The van der Waals surface area contributed by atoms with Crippen molar-refractivity contribution in [2.45, 2.75) is 50.3 Å². The number of Topliss-reactive ketones (excluding diaryl/α,β-unsaturated/α-hetero) is 1. The third-order valence-electron chi connectivity index (χ3n) is 5.72. The van der Waals surface area contributed by atoms with Gasteiger partial charge in [-0.1, -0.05) is 72.8 Å². The lowest BCUT2D eigenvalue weighted by molar-refractivity contribution is -0.130. The molecule has 1 amide bonds. The van der Waals surface area contributed by atoms with Crippen molar-refractivity contribution in [2.24, 2.45) is 11.5 Å². The third-order valence-corrected chi connectivity index (χ3v) is 5.72. The average Bonchev–Trinajstić information content (AvgIpc) is 2.81. The Labute approximate surface area is 195 Å². The number of amides is 1. The van der Waals surface area contributed by atoms with E-state index in [1.807, 2.05) is 42.5 Å². The van der Waals surface area contributed by atoms with Crippen LogP contribution in [-0.4, -0.2) is 41.5 Å². The summed E-state index contributed by atoms with van der Waals surface area (Å²) in [6, 6.07) is 22.9. The minimum absolute atomic E-state index is 0.0684. The second-order valence-electron chi connectivity index (χ2n) is 8.58. The summed E-state index contributed by atoms with van der Waals surface area (Å²) in [4.78, 5) is 24.4. The number of carbonyl (C=O) groups is 2. The number of aliphatic hydroxyl groups is 1. The molecule has 6 heteroatoms. The van der Waals surface area contributed by atoms with Gasteiger partial charge in [0.25, 0.3) is 0 Å². The highest BCUT2D eigenvalue weighted by Gasteiger charge is 2.22. The van der Waals surface area contributed by atoms with Crippen LogP contribution in [0.25, 0.3) is 10.8 Å². The first-order chi connectivity index (χ1) is 15.9. The van der Waals surface area contributed by atoms with Gasteiger partial charge in [-0.05, 0) is 41.2 Å². The average molecular weight is 448 g/mol. The summed E-state index contributed by atoms with van der Waals surface area (Å²) in [5, 5.41) is 15.2. The molecule has 6 nitrogen and oxygen atoms in total. The van der Waals surface area contributed by atoms with Crippen LogP contribution in [0.1, 0.15) is 30.4 Å². The van der Waals surface area contributed by atoms with E-state index < -0.39 is 18.1 Å². The highest BCUT2D eigenvalue weighted by Crippen LogP contribution is 2.17. The van der Waals surface area contributed by atoms with Gasteiger partial charge in [0.1, 0.15) is 11.9 Å². The number of benzene rings is 3. The van der Waals surface area contributed by atoms with E-state index in [2.05, 4.69) is 35.6 Å². The van der Waals surface area contributed by atoms with Crippen LogP contribution in [0.2, 0.25) is 0 Å². The lowest BCUT2D eigenvalue weighted by Crippen LogP contribution is -2.47. The summed E-state index contributed by atoms with van der Waals surface area (Å²) in [5.41, 5.74) is 14.2. The van der Waals surface area contributed by atoms with Crippen molar-refractivity contribution in [3.63, 3.8) is 0 Å². The van der Waals surface area contributed by atoms with Crippen LogP contribution >= 0.6 is 0 Å². The van der Waals surface area contributed by atoms with Crippen LogP contribution in [0.15, 0.2) is 72.8 Å². The van der Waals surface area contributed by atoms with Gasteiger partial charge >= 0.3 is 0 Å². The molecule has 0 saturated heterocycles. The van der Waals surface area contributed by atoms with Crippen LogP contribution in [0.5, 0.6) is 0 Å². The van der Waals surface area contributed by atoms with Gasteiger partial charge in [0.05, 0.1) is 0 Å². The molecule has 0 aliphatic rings. The molecular weight excluding hydrogens is 414 g/mol. The second kappa shape index (κ2) is 12.3. The summed E-state index contributed by atoms with van der Waals surface area (Å²) >= 11 is 0. The van der Waals surface area contributed by atoms with Gasteiger partial charge in [-0.3, -0.25) is 9.59 Å². The predicted molar refractivity (Wildman–Crippen MR) is 132 cm³/mol. The molecule has 3 aromatic carbocycles. The molecule has 0 spiro atoms. The van der Waals surface area contributed by atoms with E-state index in [9.17, 15) is 14.7 Å². The second-order valence-corrected chi connectivity index (χ2v) is 8.58. The van der Waals surface area contributed by atoms with Gasteiger partial charge in [-0.2, -0.15) is 0 Å². The van der Waals surface area contributed by atoms with Crippen LogP contribution in [0.3, 0.4) is 0 Å². The Morgan fingerprint density at radius 3 is 2.30 bits per heavy atom. The Balaban J connectivity index is 1.34. The van der Waals surface area contributed by atoms with Crippen molar-refractivity contribution in [1.29, 1.82) is 0 Å². The molecule has 33 heavy (non-hydrogen) atoms. The van der Waals surface area contributed by atoms with E-state index in [4.69, 9.17) is 11.5 Å². The van der Waals surface area contributed by atoms with Crippen molar-refractivity contribution in [1.82, 2.24) is 5.32 Å². The van der Waals surface area contributed by atoms with E-state index in [1.165, 1.54) is 5.39 Å². The van der Waals surface area contributed by atoms with E-state index in [0.29, 0.717) is 38.6 Å². The van der Waals surface area contributed by atoms with Crippen molar-refractivity contribution < 1.29 is 14.7 Å². The zero-order valence-electron chi connectivity index (χ0n) is 18.8. The highest BCUT2D eigenvalue weighted by molar-refractivity contribution is 5.83. The van der Waals surface area contributed by atoms with Gasteiger partial charge in [-0.15, -0.1) is 0 Å². The molecule has 6 N–H and O–H groups in total. The van der Waals surface area contributed by atoms with Crippen molar-refractivity contribution in [3.05, 3.63) is 83.9 Å². The molecule has 0 aliphatic heterocycles. The smallest absolute Gasteiger partial charge is 0.250 e. The van der Waals surface area contributed by atoms with Crippen molar-refractivity contribution in [3.8, 4) is 0 Å². The Morgan fingerprint density at radius 1 is 0.848 bits per heavy atom. The van der Waals surface area contributed by atoms with Gasteiger partial charge in [0.2, 0.25) is 5.91 Å². The number of aliphatic hydroxyl groups excluding tert-OH is 1. The van der Waals surface area contributed by atoms with Gasteiger partial charge in [0.15, 0.2) is 0 Å². The molecular formula is C27H33N3O3. The lowest BCUT2D eigenvalue weighted by atomic mass is 9.98. The fourth-order valence-electron chi connectivity index (χ4n) is 3.93. The van der Waals surface area contributed by atoms with E-state index in [0.717, 1.165) is 16.5 Å². The Bertz CT molecular complexity index is 1050. The van der Waals surface area contributed by atoms with E-state index in [1.54, 1.807) is 0 Å². The maximum atomic E-state index is 12.3.